The van der Waals surface area contributed by atoms with Crippen molar-refractivity contribution in [2.24, 2.45) is 0 Å². The number of hydrogen-bond donors (Lipinski definition) is 2. The van der Waals surface area contributed by atoms with Crippen molar-refractivity contribution in [3.63, 3.8) is 0 Å². The lowest BCUT2D eigenvalue weighted by atomic mass is 9.94. The highest BCUT2D eigenvalue weighted by Crippen LogP contribution is 2.28. The first-order valence-electron chi connectivity index (χ1n) is 9.73. The van der Waals surface area contributed by atoms with Crippen LogP contribution in [0.4, 0.5) is 10.5 Å². The molecule has 0 aliphatic carbocycles. The molecule has 1 atom stereocenters. The number of carbonyl (C=O) groups is 2. The molecular formula is C18H28N6O3. The highest BCUT2D eigenvalue weighted by Gasteiger charge is 2.39. The normalized spacial score (nSPS) is 27.4. The molecule has 3 aliphatic heterocycles. The Morgan fingerprint density at radius 3 is 2.89 bits per heavy atom. The second-order valence-electron chi connectivity index (χ2n) is 8.03. The van der Waals surface area contributed by atoms with E-state index in [1.54, 1.807) is 22.9 Å². The molecule has 4 rings (SSSR count). The number of aromatic nitrogens is 2. The minimum absolute atomic E-state index is 0.0341. The number of anilines is 1. The third-order valence-electron chi connectivity index (χ3n) is 5.84. The summed E-state index contributed by atoms with van der Waals surface area (Å²) in [6.07, 6.45) is 6.28. The second kappa shape index (κ2) is 7.12. The highest BCUT2D eigenvalue weighted by atomic mass is 16.3. The number of hydrogen-bond acceptors (Lipinski definition) is 5. The van der Waals surface area contributed by atoms with Gasteiger partial charge in [-0.25, -0.2) is 4.79 Å². The van der Waals surface area contributed by atoms with Gasteiger partial charge in [-0.2, -0.15) is 5.10 Å². The molecule has 1 aromatic rings. The summed E-state index contributed by atoms with van der Waals surface area (Å²) < 4.78 is 1.91. The number of amides is 3. The highest BCUT2D eigenvalue weighted by molar-refractivity contribution is 5.93. The third kappa shape index (κ3) is 3.79. The van der Waals surface area contributed by atoms with Crippen LogP contribution in [0.3, 0.4) is 0 Å². The maximum absolute atomic E-state index is 11.8. The first kappa shape index (κ1) is 18.2. The van der Waals surface area contributed by atoms with Crippen molar-refractivity contribution in [2.45, 2.75) is 37.8 Å². The number of nitrogens with one attached hydrogen (secondary N) is 1. The molecule has 1 unspecified atom stereocenters. The molecule has 9 heteroatoms. The second-order valence-corrected chi connectivity index (χ2v) is 8.03. The van der Waals surface area contributed by atoms with Gasteiger partial charge in [0, 0.05) is 52.4 Å². The Hall–Kier alpha value is -2.13. The standard InChI is InChI=1S/C18H28N6O3/c1-14(25)22-6-3-2-4-18(27,13-22)12-21-9-16(10-21)24-11-15(8-20-24)23-7-5-19-17(23)26/h8,11,16,27H,2-7,9-10,12-13H2,1H3,(H,19,26). The summed E-state index contributed by atoms with van der Waals surface area (Å²) in [5, 5.41) is 18.2. The molecule has 3 aliphatic rings. The van der Waals surface area contributed by atoms with E-state index in [1.807, 2.05) is 10.9 Å². The van der Waals surface area contributed by atoms with Gasteiger partial charge in [-0.15, -0.1) is 0 Å². The molecule has 148 valence electrons. The van der Waals surface area contributed by atoms with E-state index in [-0.39, 0.29) is 18.0 Å². The summed E-state index contributed by atoms with van der Waals surface area (Å²) in [6, 6.07) is 0.179. The Morgan fingerprint density at radius 2 is 2.19 bits per heavy atom. The molecule has 0 radical (unpaired) electrons. The zero-order valence-electron chi connectivity index (χ0n) is 15.8. The molecule has 0 bridgehead atoms. The predicted octanol–water partition coefficient (Wildman–Crippen LogP) is 0.0329. The fraction of sp³-hybridized carbons (Fsp3) is 0.722. The van der Waals surface area contributed by atoms with Gasteiger partial charge >= 0.3 is 6.03 Å². The Bertz CT molecular complexity index is 716. The molecule has 3 fully saturated rings. The van der Waals surface area contributed by atoms with Crippen molar-refractivity contribution in [1.82, 2.24) is 24.9 Å². The fourth-order valence-electron chi connectivity index (χ4n) is 4.31. The SMILES string of the molecule is CC(=O)N1CCCCC(O)(CN2CC(n3cc(N4CCNC4=O)cn3)C2)C1. The lowest BCUT2D eigenvalue weighted by Crippen LogP contribution is -2.57. The van der Waals surface area contributed by atoms with Crippen LogP contribution in [0.25, 0.3) is 0 Å². The van der Waals surface area contributed by atoms with Crippen LogP contribution < -0.4 is 10.2 Å². The fourth-order valence-corrected chi connectivity index (χ4v) is 4.31. The van der Waals surface area contributed by atoms with Crippen molar-refractivity contribution >= 4 is 17.6 Å². The van der Waals surface area contributed by atoms with Crippen LogP contribution >= 0.6 is 0 Å². The summed E-state index contributed by atoms with van der Waals surface area (Å²) in [6.45, 7) is 6.26. The van der Waals surface area contributed by atoms with E-state index in [2.05, 4.69) is 15.3 Å². The summed E-state index contributed by atoms with van der Waals surface area (Å²) >= 11 is 0. The number of likely N-dealkylation sites (tertiary alicyclic amines) is 2. The van der Waals surface area contributed by atoms with E-state index in [4.69, 9.17) is 0 Å². The summed E-state index contributed by atoms with van der Waals surface area (Å²) in [4.78, 5) is 29.2. The number of urea groups is 1. The van der Waals surface area contributed by atoms with Crippen LogP contribution in [-0.2, 0) is 4.79 Å². The van der Waals surface area contributed by atoms with Crippen molar-refractivity contribution in [1.29, 1.82) is 0 Å². The Morgan fingerprint density at radius 1 is 1.37 bits per heavy atom. The van der Waals surface area contributed by atoms with Crippen LogP contribution in [0.2, 0.25) is 0 Å². The van der Waals surface area contributed by atoms with Gasteiger partial charge in [-0.1, -0.05) is 0 Å². The van der Waals surface area contributed by atoms with E-state index in [0.717, 1.165) is 44.6 Å². The van der Waals surface area contributed by atoms with Crippen LogP contribution in [0.1, 0.15) is 32.2 Å². The molecule has 0 saturated carbocycles. The van der Waals surface area contributed by atoms with E-state index in [9.17, 15) is 14.7 Å². The molecule has 2 N–H and O–H groups in total. The number of nitrogens with zero attached hydrogens (tertiary/aromatic N) is 5. The van der Waals surface area contributed by atoms with Crippen molar-refractivity contribution in [3.8, 4) is 0 Å². The smallest absolute Gasteiger partial charge is 0.322 e. The molecule has 0 spiro atoms. The van der Waals surface area contributed by atoms with Crippen molar-refractivity contribution < 1.29 is 14.7 Å². The lowest BCUT2D eigenvalue weighted by molar-refractivity contribution is -0.133. The summed E-state index contributed by atoms with van der Waals surface area (Å²) in [5.41, 5.74) is -0.0151. The quantitative estimate of drug-likeness (QED) is 0.773. The van der Waals surface area contributed by atoms with E-state index >= 15 is 0 Å². The van der Waals surface area contributed by atoms with Crippen LogP contribution in [0.15, 0.2) is 12.4 Å². The summed E-state index contributed by atoms with van der Waals surface area (Å²) in [7, 11) is 0. The predicted molar refractivity (Wildman–Crippen MR) is 99.5 cm³/mol. The molecule has 4 heterocycles. The van der Waals surface area contributed by atoms with Crippen LogP contribution in [0.5, 0.6) is 0 Å². The minimum Gasteiger partial charge on any atom is -0.387 e. The number of rotatable bonds is 4. The molecule has 27 heavy (non-hydrogen) atoms. The van der Waals surface area contributed by atoms with Gasteiger partial charge in [0.25, 0.3) is 0 Å². The number of β-amino-alcohol motifs (C(OH)–C–C–N with tert-alkyl or cyclic N) is 1. The van der Waals surface area contributed by atoms with Crippen LogP contribution in [0, 0.1) is 0 Å². The molecule has 3 amide bonds. The van der Waals surface area contributed by atoms with Gasteiger partial charge < -0.3 is 15.3 Å². The van der Waals surface area contributed by atoms with Gasteiger partial charge in [0.05, 0.1) is 30.1 Å². The van der Waals surface area contributed by atoms with E-state index < -0.39 is 5.60 Å². The van der Waals surface area contributed by atoms with Gasteiger partial charge in [0.1, 0.15) is 0 Å². The number of carbonyl (C=O) groups excluding carboxylic acids is 2. The Balaban J connectivity index is 1.32. The largest absolute Gasteiger partial charge is 0.387 e. The maximum Gasteiger partial charge on any atom is 0.322 e. The molecule has 9 nitrogen and oxygen atoms in total. The maximum atomic E-state index is 11.8. The van der Waals surface area contributed by atoms with Gasteiger partial charge in [0.15, 0.2) is 0 Å². The van der Waals surface area contributed by atoms with Gasteiger partial charge in [-0.3, -0.25) is 19.3 Å². The van der Waals surface area contributed by atoms with E-state index in [1.165, 1.54) is 0 Å². The Kier molecular flexibility index (Phi) is 4.81. The number of aliphatic hydroxyl groups is 1. The lowest BCUT2D eigenvalue weighted by Gasteiger charge is -2.44. The monoisotopic (exact) mass is 376 g/mol. The third-order valence-corrected chi connectivity index (χ3v) is 5.84. The first-order chi connectivity index (χ1) is 12.9. The summed E-state index contributed by atoms with van der Waals surface area (Å²) in [5.74, 6) is 0.0341. The Labute approximate surface area is 158 Å². The average Bonchev–Trinajstić information content (AvgIpc) is 3.17. The molecule has 1 aromatic heterocycles. The van der Waals surface area contributed by atoms with Gasteiger partial charge in [-0.05, 0) is 19.3 Å². The van der Waals surface area contributed by atoms with E-state index in [0.29, 0.717) is 26.2 Å². The van der Waals surface area contributed by atoms with Crippen molar-refractivity contribution in [3.05, 3.63) is 12.4 Å². The minimum atomic E-state index is -0.837. The van der Waals surface area contributed by atoms with Crippen LogP contribution in [-0.4, -0.2) is 88.0 Å². The zero-order valence-corrected chi connectivity index (χ0v) is 15.8. The first-order valence-corrected chi connectivity index (χ1v) is 9.73. The molecular weight excluding hydrogens is 348 g/mol. The van der Waals surface area contributed by atoms with Gasteiger partial charge in [0.2, 0.25) is 5.91 Å². The van der Waals surface area contributed by atoms with Crippen molar-refractivity contribution in [2.75, 3.05) is 50.7 Å². The average molecular weight is 376 g/mol. The molecule has 0 aromatic carbocycles. The molecule has 3 saturated heterocycles. The topological polar surface area (TPSA) is 93.9 Å². The zero-order chi connectivity index (χ0) is 19.0.